The summed E-state index contributed by atoms with van der Waals surface area (Å²) in [5.74, 6) is 0. The maximum absolute atomic E-state index is 2.52. The normalized spacial score (nSPS) is 13.0. The second kappa shape index (κ2) is 9.88. The second-order valence-electron chi connectivity index (χ2n) is 12.0. The molecule has 0 unspecified atom stereocenters. The molecule has 0 aliphatic carbocycles. The van der Waals surface area contributed by atoms with Crippen molar-refractivity contribution < 1.29 is 0 Å². The predicted molar refractivity (Wildman–Crippen MR) is 165 cm³/mol. The van der Waals surface area contributed by atoms with Crippen molar-refractivity contribution in [3.63, 3.8) is 0 Å². The van der Waals surface area contributed by atoms with Crippen LogP contribution in [0.5, 0.6) is 0 Å². The Hall–Kier alpha value is 0.716. The van der Waals surface area contributed by atoms with E-state index in [1.165, 1.54) is 31.3 Å². The number of hydrogen-bond acceptors (Lipinski definition) is 3. The van der Waals surface area contributed by atoms with Crippen molar-refractivity contribution in [1.29, 1.82) is 0 Å². The standard InChI is InChI=1S/C18H9S3.9CH3.3Sn/c1-4-16(19-7-1)13-10-14(17-5-2-8-20-17)12-15(11-13)18-6-3-9-21-18;;;;;;;;;;;;/h1-6,10-12H;9*1H3;;;. The van der Waals surface area contributed by atoms with Gasteiger partial charge >= 0.3 is 228 Å². The number of rotatable bonds is 6. The summed E-state index contributed by atoms with van der Waals surface area (Å²) in [6, 6.07) is 21.7. The van der Waals surface area contributed by atoms with Gasteiger partial charge in [0.15, 0.2) is 0 Å². The summed E-state index contributed by atoms with van der Waals surface area (Å²) in [4.78, 5) is 26.9. The monoisotopic (exact) mass is 816 g/mol. The van der Waals surface area contributed by atoms with Gasteiger partial charge < -0.3 is 0 Å². The summed E-state index contributed by atoms with van der Waals surface area (Å²) in [5, 5.41) is 0. The zero-order valence-corrected chi connectivity index (χ0v) is 32.4. The van der Waals surface area contributed by atoms with Crippen LogP contribution in [0.3, 0.4) is 0 Å². The number of benzene rings is 1. The Morgan fingerprint density at radius 1 is 0.394 bits per heavy atom. The molecule has 4 aromatic rings. The van der Waals surface area contributed by atoms with Gasteiger partial charge in [0, 0.05) is 0 Å². The molecule has 0 N–H and O–H groups in total. The molecule has 0 saturated carbocycles. The number of thiophene rings is 3. The molecule has 0 aliphatic rings. The molecule has 0 spiro atoms. The Bertz CT molecular complexity index is 1100. The van der Waals surface area contributed by atoms with Gasteiger partial charge in [0.2, 0.25) is 0 Å². The Balaban J connectivity index is 1.85. The minimum absolute atomic E-state index is 1.39. The first-order valence-electron chi connectivity index (χ1n) is 11.7. The van der Waals surface area contributed by atoms with E-state index in [-0.39, 0.29) is 0 Å². The van der Waals surface area contributed by atoms with E-state index in [1.54, 1.807) is 8.68 Å². The quantitative estimate of drug-likeness (QED) is 0.172. The first kappa shape index (κ1) is 26.8. The summed E-state index contributed by atoms with van der Waals surface area (Å²) in [5.41, 5.74) is 4.16. The van der Waals surface area contributed by atoms with Crippen molar-refractivity contribution >= 4 is 97.8 Å². The molecule has 0 amide bonds. The van der Waals surface area contributed by atoms with Crippen LogP contribution in [0.1, 0.15) is 0 Å². The Morgan fingerprint density at radius 2 is 0.636 bits per heavy atom. The van der Waals surface area contributed by atoms with Crippen LogP contribution in [0.2, 0.25) is 44.5 Å². The van der Waals surface area contributed by atoms with Crippen LogP contribution in [-0.4, -0.2) is 55.1 Å². The van der Waals surface area contributed by atoms with Crippen LogP contribution >= 0.6 is 34.0 Å². The van der Waals surface area contributed by atoms with Crippen LogP contribution < -0.4 is 8.68 Å². The zero-order valence-electron chi connectivity index (χ0n) is 21.4. The minimum atomic E-state index is -2.06. The van der Waals surface area contributed by atoms with Gasteiger partial charge in [0.05, 0.1) is 0 Å². The zero-order chi connectivity index (χ0) is 24.2. The van der Waals surface area contributed by atoms with Crippen LogP contribution in [-0.2, 0) is 0 Å². The van der Waals surface area contributed by atoms with Crippen molar-refractivity contribution in [2.45, 2.75) is 44.5 Å². The summed E-state index contributed by atoms with van der Waals surface area (Å²) < 4.78 is 4.98. The van der Waals surface area contributed by atoms with Crippen LogP contribution in [0, 0.1) is 0 Å². The molecule has 1 aromatic carbocycles. The molecule has 6 heteroatoms. The first-order chi connectivity index (χ1) is 15.2. The molecule has 0 radical (unpaired) electrons. The molecule has 0 bridgehead atoms. The predicted octanol–water partition coefficient (Wildman–Crippen LogP) is 8.51. The third-order valence-electron chi connectivity index (χ3n) is 5.82. The molecule has 3 heterocycles. The molecular weight excluding hydrogens is 777 g/mol. The summed E-state index contributed by atoms with van der Waals surface area (Å²) in [6.07, 6.45) is 0. The molecule has 174 valence electrons. The van der Waals surface area contributed by atoms with Crippen molar-refractivity contribution in [2.75, 3.05) is 0 Å². The van der Waals surface area contributed by atoms with Gasteiger partial charge in [-0.1, -0.05) is 0 Å². The molecule has 4 rings (SSSR count). The fraction of sp³-hybridized carbons (Fsp3) is 0.333. The molecule has 0 atom stereocenters. The van der Waals surface area contributed by atoms with Gasteiger partial charge in [-0.2, -0.15) is 0 Å². The Morgan fingerprint density at radius 3 is 0.818 bits per heavy atom. The van der Waals surface area contributed by atoms with Gasteiger partial charge in [-0.05, 0) is 0 Å². The van der Waals surface area contributed by atoms with Crippen LogP contribution in [0.4, 0.5) is 0 Å². The molecule has 0 fully saturated rings. The van der Waals surface area contributed by atoms with E-state index in [9.17, 15) is 0 Å². The second-order valence-corrected chi connectivity index (χ2v) is 61.5. The van der Waals surface area contributed by atoms with E-state index in [0.29, 0.717) is 0 Å². The molecule has 3 aromatic heterocycles. The van der Waals surface area contributed by atoms with Crippen molar-refractivity contribution in [3.8, 4) is 31.3 Å². The van der Waals surface area contributed by atoms with Gasteiger partial charge in [-0.15, -0.1) is 0 Å². The maximum atomic E-state index is 2.52. The Labute approximate surface area is 225 Å². The van der Waals surface area contributed by atoms with Crippen LogP contribution in [0.25, 0.3) is 31.3 Å². The van der Waals surface area contributed by atoms with Crippen molar-refractivity contribution in [3.05, 3.63) is 54.6 Å². The van der Waals surface area contributed by atoms with Crippen molar-refractivity contribution in [2.24, 2.45) is 0 Å². The topological polar surface area (TPSA) is 0 Å². The molecule has 0 saturated heterocycles. The SMILES string of the molecule is [CH3][Sn]([CH3])([CH3])[c]1ccc(-c2cc(-c3cc[c]([Sn]([CH3])([CH3])[CH3])s3)cc(-c3cc[c]([Sn]([CH3])([CH3])[CH3])s3)c2)s1. The fourth-order valence-electron chi connectivity index (χ4n) is 3.74. The van der Waals surface area contributed by atoms with Crippen LogP contribution in [0.15, 0.2) is 54.6 Å². The molecule has 0 aliphatic heterocycles. The average molecular weight is 813 g/mol. The van der Waals surface area contributed by atoms with E-state index in [0.717, 1.165) is 0 Å². The van der Waals surface area contributed by atoms with E-state index in [1.807, 2.05) is 34.0 Å². The van der Waals surface area contributed by atoms with E-state index in [2.05, 4.69) is 99.1 Å². The third kappa shape index (κ3) is 6.35. The fourth-order valence-corrected chi connectivity index (χ4v) is 22.6. The first-order valence-corrected chi connectivity index (χ1v) is 44.1. The number of hydrogen-bond donors (Lipinski definition) is 0. The third-order valence-corrected chi connectivity index (χ3v) is 37.7. The summed E-state index contributed by atoms with van der Waals surface area (Å²) in [6.45, 7) is 0. The van der Waals surface area contributed by atoms with Gasteiger partial charge in [0.25, 0.3) is 0 Å². The Kier molecular flexibility index (Phi) is 8.01. The van der Waals surface area contributed by atoms with E-state index in [4.69, 9.17) is 0 Å². The van der Waals surface area contributed by atoms with E-state index >= 15 is 0 Å². The summed E-state index contributed by atoms with van der Waals surface area (Å²) >= 11 is -0.0614. The van der Waals surface area contributed by atoms with Gasteiger partial charge in [0.1, 0.15) is 0 Å². The summed E-state index contributed by atoms with van der Waals surface area (Å²) in [7, 11) is 0. The van der Waals surface area contributed by atoms with Crippen molar-refractivity contribution in [1.82, 2.24) is 0 Å². The molecule has 0 nitrogen and oxygen atoms in total. The molecular formula is C27H36S3Sn3. The average Bonchev–Trinajstić information content (AvgIpc) is 3.46. The van der Waals surface area contributed by atoms with Gasteiger partial charge in [-0.3, -0.25) is 0 Å². The molecule has 33 heavy (non-hydrogen) atoms. The van der Waals surface area contributed by atoms with E-state index < -0.39 is 55.1 Å². The van der Waals surface area contributed by atoms with Gasteiger partial charge in [-0.25, -0.2) is 0 Å².